The van der Waals surface area contributed by atoms with Gasteiger partial charge in [0.05, 0.1) is 0 Å². The molecule has 0 heterocycles. The molecule has 1 heteroatoms. The van der Waals surface area contributed by atoms with Gasteiger partial charge >= 0.3 is 0 Å². The van der Waals surface area contributed by atoms with Crippen LogP contribution in [-0.4, -0.2) is 13.1 Å². The Morgan fingerprint density at radius 3 is 2.43 bits per heavy atom. The van der Waals surface area contributed by atoms with E-state index in [4.69, 9.17) is 0 Å². The zero-order valence-corrected chi connectivity index (χ0v) is 9.09. The first-order valence-electron chi connectivity index (χ1n) is 5.50. The molecule has 0 amide bonds. The Bertz CT molecular complexity index is 283. The van der Waals surface area contributed by atoms with Crippen molar-refractivity contribution in [3.05, 3.63) is 35.4 Å². The van der Waals surface area contributed by atoms with Crippen LogP contribution >= 0.6 is 0 Å². The van der Waals surface area contributed by atoms with Crippen LogP contribution in [0.3, 0.4) is 0 Å². The molecule has 0 unspecified atom stereocenters. The van der Waals surface area contributed by atoms with E-state index in [-0.39, 0.29) is 0 Å². The number of hydrogen-bond donors (Lipinski definition) is 1. The molecule has 1 nitrogen and oxygen atoms in total. The highest BCUT2D eigenvalue weighted by atomic mass is 14.9. The van der Waals surface area contributed by atoms with E-state index in [0.29, 0.717) is 0 Å². The molecule has 1 aromatic carbocycles. The van der Waals surface area contributed by atoms with Crippen molar-refractivity contribution in [2.75, 3.05) is 7.05 Å². The highest BCUT2D eigenvalue weighted by Crippen LogP contribution is 2.30. The molecule has 0 radical (unpaired) electrons. The first-order chi connectivity index (χ1) is 6.78. The molecule has 1 aliphatic carbocycles. The largest absolute Gasteiger partial charge is 0.317 e. The lowest BCUT2D eigenvalue weighted by atomic mass is 9.77. The monoisotopic (exact) mass is 189 g/mol. The molecule has 0 spiro atoms. The summed E-state index contributed by atoms with van der Waals surface area (Å²) in [6.45, 7) is 2.14. The third-order valence-electron chi connectivity index (χ3n) is 3.29. The molecule has 0 saturated heterocycles. The summed E-state index contributed by atoms with van der Waals surface area (Å²) < 4.78 is 0. The van der Waals surface area contributed by atoms with Crippen molar-refractivity contribution in [1.29, 1.82) is 0 Å². The lowest BCUT2D eigenvalue weighted by molar-refractivity contribution is 0.232. The molecule has 1 aliphatic rings. The van der Waals surface area contributed by atoms with Crippen LogP contribution in [0.4, 0.5) is 0 Å². The topological polar surface area (TPSA) is 12.0 Å². The molecular formula is C13H19N. The average Bonchev–Trinajstić information content (AvgIpc) is 2.13. The van der Waals surface area contributed by atoms with Crippen LogP contribution in [-0.2, 0) is 6.42 Å². The van der Waals surface area contributed by atoms with Crippen LogP contribution in [0.25, 0.3) is 0 Å². The minimum absolute atomic E-state index is 0.783. The molecule has 14 heavy (non-hydrogen) atoms. The van der Waals surface area contributed by atoms with Crippen molar-refractivity contribution in [2.24, 2.45) is 5.92 Å². The number of aryl methyl sites for hydroxylation is 1. The second-order valence-electron chi connectivity index (χ2n) is 4.51. The second-order valence-corrected chi connectivity index (χ2v) is 4.51. The van der Waals surface area contributed by atoms with E-state index in [9.17, 15) is 0 Å². The molecule has 0 atom stereocenters. The molecule has 1 aromatic rings. The van der Waals surface area contributed by atoms with Crippen molar-refractivity contribution < 1.29 is 0 Å². The first kappa shape index (κ1) is 9.72. The highest BCUT2D eigenvalue weighted by molar-refractivity contribution is 5.22. The summed E-state index contributed by atoms with van der Waals surface area (Å²) in [6, 6.07) is 9.74. The summed E-state index contributed by atoms with van der Waals surface area (Å²) in [5.41, 5.74) is 2.85. The normalized spacial score (nSPS) is 25.9. The van der Waals surface area contributed by atoms with Crippen molar-refractivity contribution in [3.8, 4) is 0 Å². The first-order valence-corrected chi connectivity index (χ1v) is 5.50. The molecule has 1 N–H and O–H groups in total. The Labute approximate surface area is 86.5 Å². The third kappa shape index (κ3) is 2.16. The highest BCUT2D eigenvalue weighted by Gasteiger charge is 2.27. The molecule has 0 aliphatic heterocycles. The fraction of sp³-hybridized carbons (Fsp3) is 0.538. The molecule has 2 rings (SSSR count). The van der Waals surface area contributed by atoms with E-state index in [2.05, 4.69) is 43.6 Å². The van der Waals surface area contributed by atoms with Gasteiger partial charge in [-0.15, -0.1) is 0 Å². The number of hydrogen-bond acceptors (Lipinski definition) is 1. The predicted octanol–water partition coefficient (Wildman–Crippen LogP) is 2.54. The van der Waals surface area contributed by atoms with Crippen LogP contribution in [0, 0.1) is 12.8 Å². The Balaban J connectivity index is 1.84. The molecule has 76 valence electrons. The van der Waals surface area contributed by atoms with Gasteiger partial charge in [-0.1, -0.05) is 29.8 Å². The molecule has 0 bridgehead atoms. The Morgan fingerprint density at radius 2 is 1.86 bits per heavy atom. The van der Waals surface area contributed by atoms with E-state index in [1.54, 1.807) is 0 Å². The molecule has 0 aromatic heterocycles. The maximum Gasteiger partial charge on any atom is 0.00695 e. The number of benzene rings is 1. The summed E-state index contributed by atoms with van der Waals surface area (Å²) in [4.78, 5) is 0. The predicted molar refractivity (Wildman–Crippen MR) is 60.5 cm³/mol. The fourth-order valence-electron chi connectivity index (χ4n) is 2.20. The molecular weight excluding hydrogens is 170 g/mol. The van der Waals surface area contributed by atoms with E-state index in [1.165, 1.54) is 30.4 Å². The maximum atomic E-state index is 3.33. The van der Waals surface area contributed by atoms with Crippen LogP contribution in [0.5, 0.6) is 0 Å². The lowest BCUT2D eigenvalue weighted by Crippen LogP contribution is -2.39. The van der Waals surface area contributed by atoms with Crippen LogP contribution in [0.2, 0.25) is 0 Å². The zero-order chi connectivity index (χ0) is 9.97. The van der Waals surface area contributed by atoms with Gasteiger partial charge in [-0.3, -0.25) is 0 Å². The van der Waals surface area contributed by atoms with E-state index in [1.807, 2.05) is 0 Å². The minimum Gasteiger partial charge on any atom is -0.317 e. The molecule has 1 saturated carbocycles. The summed E-state index contributed by atoms with van der Waals surface area (Å²) >= 11 is 0. The van der Waals surface area contributed by atoms with Gasteiger partial charge in [0.25, 0.3) is 0 Å². The summed E-state index contributed by atoms with van der Waals surface area (Å²) in [6.07, 6.45) is 3.97. The van der Waals surface area contributed by atoms with Gasteiger partial charge in [0, 0.05) is 6.04 Å². The number of rotatable bonds is 3. The van der Waals surface area contributed by atoms with Gasteiger partial charge in [0.15, 0.2) is 0 Å². The van der Waals surface area contributed by atoms with Crippen molar-refractivity contribution >= 4 is 0 Å². The van der Waals surface area contributed by atoms with Crippen molar-refractivity contribution in [2.45, 2.75) is 32.2 Å². The van der Waals surface area contributed by atoms with Gasteiger partial charge in [-0.25, -0.2) is 0 Å². The molecule has 1 fully saturated rings. The summed E-state index contributed by atoms with van der Waals surface area (Å²) in [7, 11) is 2.06. The minimum atomic E-state index is 0.783. The van der Waals surface area contributed by atoms with E-state index in [0.717, 1.165) is 12.0 Å². The fourth-order valence-corrected chi connectivity index (χ4v) is 2.20. The zero-order valence-electron chi connectivity index (χ0n) is 9.09. The van der Waals surface area contributed by atoms with Crippen LogP contribution in [0.1, 0.15) is 24.0 Å². The standard InChI is InChI=1S/C13H19N/c1-10-3-5-11(6-4-10)7-12-8-13(9-12)14-2/h3-6,12-14H,7-9H2,1-2H3. The van der Waals surface area contributed by atoms with Crippen LogP contribution in [0.15, 0.2) is 24.3 Å². The van der Waals surface area contributed by atoms with Crippen molar-refractivity contribution in [1.82, 2.24) is 5.32 Å². The van der Waals surface area contributed by atoms with E-state index >= 15 is 0 Å². The van der Waals surface area contributed by atoms with Gasteiger partial charge in [-0.2, -0.15) is 0 Å². The maximum absolute atomic E-state index is 3.33. The van der Waals surface area contributed by atoms with Gasteiger partial charge in [0.1, 0.15) is 0 Å². The number of nitrogens with one attached hydrogen (secondary N) is 1. The van der Waals surface area contributed by atoms with Crippen molar-refractivity contribution in [3.63, 3.8) is 0 Å². The third-order valence-corrected chi connectivity index (χ3v) is 3.29. The Hall–Kier alpha value is -0.820. The SMILES string of the molecule is CNC1CC(Cc2ccc(C)cc2)C1. The Kier molecular flexibility index (Phi) is 2.87. The van der Waals surface area contributed by atoms with Crippen LogP contribution < -0.4 is 5.32 Å². The summed E-state index contributed by atoms with van der Waals surface area (Å²) in [5.74, 6) is 0.912. The van der Waals surface area contributed by atoms with Gasteiger partial charge in [-0.05, 0) is 44.7 Å². The van der Waals surface area contributed by atoms with Gasteiger partial charge < -0.3 is 5.32 Å². The van der Waals surface area contributed by atoms with Gasteiger partial charge in [0.2, 0.25) is 0 Å². The lowest BCUT2D eigenvalue weighted by Gasteiger charge is -2.35. The average molecular weight is 189 g/mol. The quantitative estimate of drug-likeness (QED) is 0.770. The Morgan fingerprint density at radius 1 is 1.21 bits per heavy atom. The summed E-state index contributed by atoms with van der Waals surface area (Å²) in [5, 5.41) is 3.33. The smallest absolute Gasteiger partial charge is 0.00695 e. The second kappa shape index (κ2) is 4.14. The van der Waals surface area contributed by atoms with E-state index < -0.39 is 0 Å².